The van der Waals surface area contributed by atoms with E-state index in [2.05, 4.69) is 15.0 Å². The maximum absolute atomic E-state index is 11.1. The van der Waals surface area contributed by atoms with Gasteiger partial charge in [0.2, 0.25) is 0 Å². The van der Waals surface area contributed by atoms with Crippen LogP contribution in [0.5, 0.6) is 0 Å². The molecule has 4 aromatic rings. The highest BCUT2D eigenvalue weighted by Crippen LogP contribution is 2.35. The molecule has 0 amide bonds. The molecule has 0 saturated carbocycles. The molecule has 0 aliphatic heterocycles. The van der Waals surface area contributed by atoms with Gasteiger partial charge in [-0.1, -0.05) is 18.2 Å². The molecule has 36 heavy (non-hydrogen) atoms. The molecule has 1 heterocycles. The standard InChI is InChI=1S/C21H12N6O6S3/c28-25(29)13-4-1-7-16(10-13)34-19-22-20(35-17-8-2-5-14(11-17)26(30)31)24-21(23-19)36-18-9-3-6-15(12-18)27(32)33/h1-12H. The lowest BCUT2D eigenvalue weighted by molar-refractivity contribution is -0.385. The van der Waals surface area contributed by atoms with Crippen molar-refractivity contribution in [3.8, 4) is 0 Å². The Labute approximate surface area is 215 Å². The second-order valence-corrected chi connectivity index (χ2v) is 9.87. The highest BCUT2D eigenvalue weighted by molar-refractivity contribution is 8.00. The summed E-state index contributed by atoms with van der Waals surface area (Å²) in [5.41, 5.74) is -0.274. The minimum absolute atomic E-state index is 0.0913. The summed E-state index contributed by atoms with van der Waals surface area (Å²) in [4.78, 5) is 46.6. The second kappa shape index (κ2) is 11.1. The number of nitro benzene ring substituents is 3. The summed E-state index contributed by atoms with van der Waals surface area (Å²) in [6.45, 7) is 0. The molecule has 180 valence electrons. The minimum atomic E-state index is -0.509. The summed E-state index contributed by atoms with van der Waals surface area (Å²) in [6, 6.07) is 17.9. The van der Waals surface area contributed by atoms with E-state index >= 15 is 0 Å². The zero-order chi connectivity index (χ0) is 25.7. The van der Waals surface area contributed by atoms with Crippen LogP contribution in [0, 0.1) is 30.3 Å². The summed E-state index contributed by atoms with van der Waals surface area (Å²) < 4.78 is 0. The first-order valence-electron chi connectivity index (χ1n) is 9.80. The van der Waals surface area contributed by atoms with Crippen LogP contribution in [0.2, 0.25) is 0 Å². The maximum atomic E-state index is 11.1. The summed E-state index contributed by atoms with van der Waals surface area (Å²) >= 11 is 3.22. The molecule has 0 saturated heterocycles. The van der Waals surface area contributed by atoms with Crippen LogP contribution < -0.4 is 0 Å². The van der Waals surface area contributed by atoms with Crippen molar-refractivity contribution in [3.63, 3.8) is 0 Å². The highest BCUT2D eigenvalue weighted by atomic mass is 32.2. The Morgan fingerprint density at radius 2 is 0.778 bits per heavy atom. The molecular weight excluding hydrogens is 528 g/mol. The van der Waals surface area contributed by atoms with Gasteiger partial charge in [-0.25, -0.2) is 0 Å². The Balaban J connectivity index is 1.69. The van der Waals surface area contributed by atoms with Crippen molar-refractivity contribution in [1.82, 2.24) is 15.0 Å². The Bertz CT molecular complexity index is 1300. The SMILES string of the molecule is O=[N+]([O-])c1cccc(Sc2nc(Sc3cccc([N+](=O)[O-])c3)nc(Sc3cccc([N+](=O)[O-])c3)n2)c1. The molecule has 4 rings (SSSR count). The van der Waals surface area contributed by atoms with E-state index < -0.39 is 14.8 Å². The van der Waals surface area contributed by atoms with Crippen LogP contribution in [0.25, 0.3) is 0 Å². The Morgan fingerprint density at radius 1 is 0.500 bits per heavy atom. The van der Waals surface area contributed by atoms with Crippen molar-refractivity contribution in [1.29, 1.82) is 0 Å². The first-order valence-corrected chi connectivity index (χ1v) is 12.2. The maximum Gasteiger partial charge on any atom is 0.270 e. The number of aromatic nitrogens is 3. The van der Waals surface area contributed by atoms with Gasteiger partial charge in [-0.15, -0.1) is 0 Å². The van der Waals surface area contributed by atoms with Crippen molar-refractivity contribution < 1.29 is 14.8 Å². The molecule has 0 unspecified atom stereocenters. The van der Waals surface area contributed by atoms with Crippen LogP contribution in [-0.2, 0) is 0 Å². The number of hydrogen-bond donors (Lipinski definition) is 0. The first kappa shape index (κ1) is 25.0. The minimum Gasteiger partial charge on any atom is -0.258 e. The lowest BCUT2D eigenvalue weighted by atomic mass is 10.3. The van der Waals surface area contributed by atoms with Gasteiger partial charge in [0.05, 0.1) is 14.8 Å². The van der Waals surface area contributed by atoms with Gasteiger partial charge in [0.25, 0.3) is 17.1 Å². The van der Waals surface area contributed by atoms with E-state index in [0.29, 0.717) is 14.7 Å². The molecule has 0 N–H and O–H groups in total. The van der Waals surface area contributed by atoms with Crippen molar-refractivity contribution in [2.45, 2.75) is 30.2 Å². The van der Waals surface area contributed by atoms with Gasteiger partial charge >= 0.3 is 0 Å². The van der Waals surface area contributed by atoms with Gasteiger partial charge in [0, 0.05) is 51.1 Å². The third-order valence-electron chi connectivity index (χ3n) is 4.29. The molecular formula is C21H12N6O6S3. The smallest absolute Gasteiger partial charge is 0.258 e. The molecule has 0 aliphatic carbocycles. The van der Waals surface area contributed by atoms with E-state index in [0.717, 1.165) is 35.3 Å². The van der Waals surface area contributed by atoms with Crippen molar-refractivity contribution in [2.24, 2.45) is 0 Å². The largest absolute Gasteiger partial charge is 0.270 e. The molecule has 0 radical (unpaired) electrons. The van der Waals surface area contributed by atoms with Crippen LogP contribution in [0.1, 0.15) is 0 Å². The van der Waals surface area contributed by atoms with Crippen molar-refractivity contribution >= 4 is 52.3 Å². The fraction of sp³-hybridized carbons (Fsp3) is 0. The number of nitrogens with zero attached hydrogens (tertiary/aromatic N) is 6. The summed E-state index contributed by atoms with van der Waals surface area (Å²) in [5.74, 6) is 0. The Hall–Kier alpha value is -4.08. The molecule has 12 nitrogen and oxygen atoms in total. The van der Waals surface area contributed by atoms with Crippen LogP contribution >= 0.6 is 35.3 Å². The van der Waals surface area contributed by atoms with E-state index in [9.17, 15) is 30.3 Å². The summed E-state index contributed by atoms with van der Waals surface area (Å²) in [6.07, 6.45) is 0. The lowest BCUT2D eigenvalue weighted by Gasteiger charge is -2.07. The van der Waals surface area contributed by atoms with Gasteiger partial charge in [-0.2, -0.15) is 15.0 Å². The molecule has 0 fully saturated rings. The summed E-state index contributed by atoms with van der Waals surface area (Å²) in [7, 11) is 0. The Kier molecular flexibility index (Phi) is 7.72. The Morgan fingerprint density at radius 3 is 1.03 bits per heavy atom. The highest BCUT2D eigenvalue weighted by Gasteiger charge is 2.15. The average molecular weight is 541 g/mol. The third-order valence-corrected chi connectivity index (χ3v) is 6.85. The molecule has 0 aliphatic rings. The van der Waals surface area contributed by atoms with E-state index in [1.165, 1.54) is 36.4 Å². The molecule has 0 spiro atoms. The third kappa shape index (κ3) is 6.53. The predicted octanol–water partition coefficient (Wildman–Crippen LogP) is 6.05. The number of rotatable bonds is 9. The van der Waals surface area contributed by atoms with Gasteiger partial charge in [0.1, 0.15) is 0 Å². The number of benzene rings is 3. The molecule has 15 heteroatoms. The topological polar surface area (TPSA) is 168 Å². The molecule has 1 aromatic heterocycles. The fourth-order valence-corrected chi connectivity index (χ4v) is 5.33. The predicted molar refractivity (Wildman–Crippen MR) is 131 cm³/mol. The van der Waals surface area contributed by atoms with E-state index in [4.69, 9.17) is 0 Å². The monoisotopic (exact) mass is 540 g/mol. The van der Waals surface area contributed by atoms with Crippen LogP contribution in [0.4, 0.5) is 17.1 Å². The van der Waals surface area contributed by atoms with Gasteiger partial charge < -0.3 is 0 Å². The second-order valence-electron chi connectivity index (χ2n) is 6.75. The molecule has 0 atom stereocenters. The van der Waals surface area contributed by atoms with E-state index in [-0.39, 0.29) is 32.5 Å². The number of non-ortho nitro benzene ring substituents is 3. The number of hydrogen-bond acceptors (Lipinski definition) is 12. The molecule has 0 bridgehead atoms. The lowest BCUT2D eigenvalue weighted by Crippen LogP contribution is -1.97. The normalized spacial score (nSPS) is 10.7. The quantitative estimate of drug-likeness (QED) is 0.178. The molecule has 3 aromatic carbocycles. The van der Waals surface area contributed by atoms with E-state index in [1.807, 2.05) is 0 Å². The van der Waals surface area contributed by atoms with Gasteiger partial charge in [-0.05, 0) is 53.5 Å². The van der Waals surface area contributed by atoms with E-state index in [1.54, 1.807) is 36.4 Å². The average Bonchev–Trinajstić information content (AvgIpc) is 2.84. The zero-order valence-electron chi connectivity index (χ0n) is 17.8. The first-order chi connectivity index (χ1) is 17.3. The van der Waals surface area contributed by atoms with Crippen molar-refractivity contribution in [2.75, 3.05) is 0 Å². The van der Waals surface area contributed by atoms with Crippen LogP contribution in [-0.4, -0.2) is 29.7 Å². The zero-order valence-corrected chi connectivity index (χ0v) is 20.2. The van der Waals surface area contributed by atoms with Crippen LogP contribution in [0.3, 0.4) is 0 Å². The van der Waals surface area contributed by atoms with Crippen molar-refractivity contribution in [3.05, 3.63) is 103 Å². The summed E-state index contributed by atoms with van der Waals surface area (Å²) in [5, 5.41) is 34.1. The number of nitro groups is 3. The van der Waals surface area contributed by atoms with Gasteiger partial charge in [0.15, 0.2) is 15.5 Å². The van der Waals surface area contributed by atoms with Gasteiger partial charge in [-0.3, -0.25) is 30.3 Å². The fourth-order valence-electron chi connectivity index (χ4n) is 2.76. The van der Waals surface area contributed by atoms with Crippen LogP contribution in [0.15, 0.2) is 103 Å².